The molecule has 0 aliphatic carbocycles. The third kappa shape index (κ3) is 5.88. The van der Waals surface area contributed by atoms with Crippen molar-refractivity contribution in [1.82, 2.24) is 9.97 Å². The number of sulfonamides is 1. The Morgan fingerprint density at radius 1 is 0.939 bits per heavy atom. The Bertz CT molecular complexity index is 1390. The fourth-order valence-electron chi connectivity index (χ4n) is 2.80. The summed E-state index contributed by atoms with van der Waals surface area (Å²) in [4.78, 5) is 21.7. The molecule has 4 aromatic rings. The number of nitrogens with one attached hydrogen (secondary N) is 2. The Morgan fingerprint density at radius 2 is 1.64 bits per heavy atom. The Labute approximate surface area is 193 Å². The zero-order valence-corrected chi connectivity index (χ0v) is 18.6. The minimum absolute atomic E-state index is 0.00963. The Morgan fingerprint density at radius 3 is 2.33 bits per heavy atom. The van der Waals surface area contributed by atoms with Crippen molar-refractivity contribution in [3.8, 4) is 10.4 Å². The van der Waals surface area contributed by atoms with Crippen molar-refractivity contribution in [3.05, 3.63) is 95.9 Å². The zero-order valence-electron chi connectivity index (χ0n) is 17.0. The molecule has 0 fully saturated rings. The highest BCUT2D eigenvalue weighted by Crippen LogP contribution is 2.29. The van der Waals surface area contributed by atoms with Gasteiger partial charge in [-0.1, -0.05) is 12.1 Å². The van der Waals surface area contributed by atoms with Gasteiger partial charge < -0.3 is 5.32 Å². The van der Waals surface area contributed by atoms with Crippen LogP contribution >= 0.6 is 11.3 Å². The molecule has 1 amide bonds. The van der Waals surface area contributed by atoms with Crippen LogP contribution in [0.5, 0.6) is 0 Å². The number of thiophene rings is 1. The summed E-state index contributed by atoms with van der Waals surface area (Å²) in [6.45, 7) is 0. The molecule has 0 aliphatic rings. The van der Waals surface area contributed by atoms with Crippen molar-refractivity contribution in [2.45, 2.75) is 4.90 Å². The van der Waals surface area contributed by atoms with E-state index in [2.05, 4.69) is 20.0 Å². The molecular formula is C23H17FN4O3S2. The van der Waals surface area contributed by atoms with Gasteiger partial charge in [-0.05, 0) is 66.2 Å². The van der Waals surface area contributed by atoms with Gasteiger partial charge in [-0.3, -0.25) is 4.79 Å². The number of hydrogen-bond acceptors (Lipinski definition) is 6. The number of rotatable bonds is 7. The van der Waals surface area contributed by atoms with E-state index in [9.17, 15) is 17.6 Å². The Hall–Kier alpha value is -3.89. The van der Waals surface area contributed by atoms with E-state index in [1.807, 2.05) is 12.1 Å². The number of carbonyl (C=O) groups is 1. The van der Waals surface area contributed by atoms with Gasteiger partial charge in [0.15, 0.2) is 0 Å². The number of amides is 1. The first kappa shape index (κ1) is 22.3. The molecule has 7 nitrogen and oxygen atoms in total. The first-order valence-corrected chi connectivity index (χ1v) is 11.9. The molecule has 0 saturated carbocycles. The largest absolute Gasteiger partial charge is 0.323 e. The standard InChI is InChI=1S/C23H17FN4O3S2/c24-17-4-2-16(3-5-17)21-12-8-19(32-21)9-13-22(29)27-18-6-10-20(11-7-18)33(30,31)28-23-25-14-1-15-26-23/h1-15H,(H,27,29)(H,25,26,28). The van der Waals surface area contributed by atoms with Crippen LogP contribution in [0.25, 0.3) is 16.5 Å². The molecule has 2 aromatic heterocycles. The second kappa shape index (κ2) is 9.72. The highest BCUT2D eigenvalue weighted by atomic mass is 32.2. The Kier molecular flexibility index (Phi) is 6.57. The molecule has 0 aliphatic heterocycles. The third-order valence-electron chi connectivity index (χ3n) is 4.38. The van der Waals surface area contributed by atoms with E-state index < -0.39 is 10.0 Å². The molecule has 166 valence electrons. The molecule has 33 heavy (non-hydrogen) atoms. The molecule has 0 atom stereocenters. The summed E-state index contributed by atoms with van der Waals surface area (Å²) < 4.78 is 40.2. The van der Waals surface area contributed by atoms with Gasteiger partial charge in [-0.25, -0.2) is 27.5 Å². The normalized spacial score (nSPS) is 11.4. The third-order valence-corrected chi connectivity index (χ3v) is 6.82. The second-order valence-corrected chi connectivity index (χ2v) is 9.53. The monoisotopic (exact) mass is 480 g/mol. The first-order chi connectivity index (χ1) is 15.9. The average molecular weight is 481 g/mol. The quantitative estimate of drug-likeness (QED) is 0.370. The molecule has 0 bridgehead atoms. The van der Waals surface area contributed by atoms with Gasteiger partial charge in [0, 0.05) is 33.9 Å². The van der Waals surface area contributed by atoms with Crippen molar-refractivity contribution in [1.29, 1.82) is 0 Å². The summed E-state index contributed by atoms with van der Waals surface area (Å²) in [7, 11) is -3.85. The molecule has 2 heterocycles. The predicted octanol–water partition coefficient (Wildman–Crippen LogP) is 4.80. The van der Waals surface area contributed by atoms with Crippen molar-refractivity contribution in [3.63, 3.8) is 0 Å². The van der Waals surface area contributed by atoms with E-state index in [0.29, 0.717) is 5.69 Å². The second-order valence-electron chi connectivity index (χ2n) is 6.73. The number of nitrogens with zero attached hydrogens (tertiary/aromatic N) is 2. The summed E-state index contributed by atoms with van der Waals surface area (Å²) in [6, 6.07) is 17.3. The topological polar surface area (TPSA) is 101 Å². The van der Waals surface area contributed by atoms with Crippen LogP contribution in [0, 0.1) is 5.82 Å². The summed E-state index contributed by atoms with van der Waals surface area (Å²) in [5, 5.41) is 2.68. The van der Waals surface area contributed by atoms with Gasteiger partial charge in [-0.15, -0.1) is 11.3 Å². The fraction of sp³-hybridized carbons (Fsp3) is 0. The van der Waals surface area contributed by atoms with Gasteiger partial charge in [0.25, 0.3) is 10.0 Å². The van der Waals surface area contributed by atoms with E-state index in [1.54, 1.807) is 24.3 Å². The summed E-state index contributed by atoms with van der Waals surface area (Å²) in [5.41, 5.74) is 1.34. The van der Waals surface area contributed by atoms with Gasteiger partial charge in [0.1, 0.15) is 5.82 Å². The van der Waals surface area contributed by atoms with Gasteiger partial charge in [0.2, 0.25) is 11.9 Å². The number of halogens is 1. The number of carbonyl (C=O) groups excluding carboxylic acids is 1. The van der Waals surface area contributed by atoms with Crippen LogP contribution in [0.1, 0.15) is 4.88 Å². The van der Waals surface area contributed by atoms with E-state index in [-0.39, 0.29) is 22.6 Å². The molecule has 0 radical (unpaired) electrons. The number of aromatic nitrogens is 2. The van der Waals surface area contributed by atoms with Gasteiger partial charge in [0.05, 0.1) is 4.90 Å². The fourth-order valence-corrected chi connectivity index (χ4v) is 4.68. The van der Waals surface area contributed by atoms with Gasteiger partial charge >= 0.3 is 0 Å². The van der Waals surface area contributed by atoms with E-state index in [1.165, 1.54) is 66.2 Å². The molecule has 0 spiro atoms. The highest BCUT2D eigenvalue weighted by Gasteiger charge is 2.15. The lowest BCUT2D eigenvalue weighted by atomic mass is 10.2. The minimum Gasteiger partial charge on any atom is -0.323 e. The van der Waals surface area contributed by atoms with E-state index >= 15 is 0 Å². The van der Waals surface area contributed by atoms with Crippen LogP contribution < -0.4 is 10.0 Å². The first-order valence-electron chi connectivity index (χ1n) is 9.64. The van der Waals surface area contributed by atoms with E-state index in [0.717, 1.165) is 15.3 Å². The molecule has 10 heteroatoms. The predicted molar refractivity (Wildman–Crippen MR) is 127 cm³/mol. The van der Waals surface area contributed by atoms with Crippen molar-refractivity contribution in [2.75, 3.05) is 10.0 Å². The number of anilines is 2. The van der Waals surface area contributed by atoms with Crippen molar-refractivity contribution in [2.24, 2.45) is 0 Å². The highest BCUT2D eigenvalue weighted by molar-refractivity contribution is 7.92. The minimum atomic E-state index is -3.85. The summed E-state index contributed by atoms with van der Waals surface area (Å²) in [6.07, 6.45) is 5.92. The Balaban J connectivity index is 1.37. The van der Waals surface area contributed by atoms with Crippen LogP contribution in [-0.4, -0.2) is 24.3 Å². The molecular weight excluding hydrogens is 463 g/mol. The maximum absolute atomic E-state index is 13.1. The van der Waals surface area contributed by atoms with Crippen LogP contribution in [0.2, 0.25) is 0 Å². The molecule has 0 saturated heterocycles. The van der Waals surface area contributed by atoms with Crippen molar-refractivity contribution >= 4 is 45.0 Å². The lowest BCUT2D eigenvalue weighted by Gasteiger charge is -2.07. The SMILES string of the molecule is O=C(C=Cc1ccc(-c2ccc(F)cc2)s1)Nc1ccc(S(=O)(=O)Nc2ncccn2)cc1. The number of hydrogen-bond donors (Lipinski definition) is 2. The smallest absolute Gasteiger partial charge is 0.264 e. The summed E-state index contributed by atoms with van der Waals surface area (Å²) >= 11 is 1.47. The molecule has 2 N–H and O–H groups in total. The van der Waals surface area contributed by atoms with Crippen LogP contribution in [-0.2, 0) is 14.8 Å². The van der Waals surface area contributed by atoms with Crippen LogP contribution in [0.4, 0.5) is 16.0 Å². The van der Waals surface area contributed by atoms with E-state index in [4.69, 9.17) is 0 Å². The average Bonchev–Trinajstić information content (AvgIpc) is 3.28. The zero-order chi connectivity index (χ0) is 23.3. The van der Waals surface area contributed by atoms with Gasteiger partial charge in [-0.2, -0.15) is 0 Å². The summed E-state index contributed by atoms with van der Waals surface area (Å²) in [5.74, 6) is -0.687. The van der Waals surface area contributed by atoms with Crippen molar-refractivity contribution < 1.29 is 17.6 Å². The maximum Gasteiger partial charge on any atom is 0.264 e. The maximum atomic E-state index is 13.1. The molecule has 0 unspecified atom stereocenters. The number of benzene rings is 2. The van der Waals surface area contributed by atoms with Crippen LogP contribution in [0.15, 0.2) is 90.1 Å². The lowest BCUT2D eigenvalue weighted by molar-refractivity contribution is -0.111. The molecule has 2 aromatic carbocycles. The lowest BCUT2D eigenvalue weighted by Crippen LogP contribution is -2.15. The van der Waals surface area contributed by atoms with Crippen LogP contribution in [0.3, 0.4) is 0 Å². The molecule has 4 rings (SSSR count).